The number of hydrogen-bond acceptors (Lipinski definition) is 1. The molecule has 0 aliphatic rings. The molecule has 0 aromatic carbocycles. The van der Waals surface area contributed by atoms with Gasteiger partial charge in [-0.1, -0.05) is 0 Å². The number of rotatable bonds is 0. The van der Waals surface area contributed by atoms with Crippen molar-refractivity contribution in [3.05, 3.63) is 0 Å². The Morgan fingerprint density at radius 2 is 1.40 bits per heavy atom. The Hall–Kier alpha value is 0.539. The van der Waals surface area contributed by atoms with Crippen LogP contribution < -0.4 is 0 Å². The van der Waals surface area contributed by atoms with E-state index in [0.717, 1.165) is 0 Å². The van der Waals surface area contributed by atoms with Gasteiger partial charge in [0.15, 0.2) is 0 Å². The second-order valence-electron chi connectivity index (χ2n) is 0.283. The van der Waals surface area contributed by atoms with Crippen LogP contribution in [0.1, 0.15) is 0 Å². The van der Waals surface area contributed by atoms with E-state index in [0.29, 0.717) is 0 Å². The van der Waals surface area contributed by atoms with E-state index in [1.807, 2.05) is 0 Å². The molecule has 0 saturated heterocycles. The first kappa shape index (κ1) is 9.11. The molecule has 30 valence electrons. The Morgan fingerprint density at radius 1 is 1.40 bits per heavy atom. The Balaban J connectivity index is 0. The molecule has 2 radical (unpaired) electrons. The van der Waals surface area contributed by atoms with Crippen LogP contribution in [0.2, 0.25) is 0 Å². The summed E-state index contributed by atoms with van der Waals surface area (Å²) in [5.41, 5.74) is 0. The average molecular weight is 287 g/mol. The van der Waals surface area contributed by atoms with E-state index < -0.39 is 9.17 Å². The van der Waals surface area contributed by atoms with E-state index in [1.54, 1.807) is 0 Å². The molecule has 3 nitrogen and oxygen atoms in total. The van der Waals surface area contributed by atoms with Crippen LogP contribution >= 0.6 is 0 Å². The fraction of sp³-hybridized carbons (Fsp3) is 0. The molecule has 0 aromatic rings. The fourth-order valence-electron chi connectivity index (χ4n) is 0. The van der Waals surface area contributed by atoms with Gasteiger partial charge in [-0.05, 0) is 0 Å². The van der Waals surface area contributed by atoms with Gasteiger partial charge in [0.1, 0.15) is 0 Å². The normalized spacial score (nSPS) is 4.80. The molecule has 0 amide bonds. The molecule has 0 heterocycles. The summed E-state index contributed by atoms with van der Waals surface area (Å²) in [4.78, 5) is 14.3. The van der Waals surface area contributed by atoms with Gasteiger partial charge in [0.05, 0.1) is 0 Å². The van der Waals surface area contributed by atoms with Crippen molar-refractivity contribution >= 4 is 36.5 Å². The van der Waals surface area contributed by atoms with E-state index in [9.17, 15) is 0 Å². The molecule has 0 aromatic heterocycles. The van der Waals surface area contributed by atoms with Crippen LogP contribution in [0.4, 0.5) is 0 Å². The Kier molecular flexibility index (Phi) is 8.27. The molecule has 0 atom stereocenters. The Bertz CT molecular complexity index is 29.9. The third-order valence-corrected chi connectivity index (χ3v) is 0. The first-order valence-electron chi connectivity index (χ1n) is 0.651. The van der Waals surface area contributed by atoms with Crippen LogP contribution in [0.5, 0.6) is 0 Å². The van der Waals surface area contributed by atoms with Crippen LogP contribution in [0.3, 0.4) is 0 Å². The molecule has 0 unspecified atom stereocenters. The van der Waals surface area contributed by atoms with Gasteiger partial charge in [-0.2, -0.15) is 0 Å². The minimum absolute atomic E-state index is 0. The molecule has 2 N–H and O–H groups in total. The first-order valence-corrected chi connectivity index (χ1v) is 1.95. The van der Waals surface area contributed by atoms with Crippen molar-refractivity contribution in [2.45, 2.75) is 0 Å². The standard InChI is InChI=1S/H2O3Si.Pb.2H/c1-4(2)3;;;/h1-2H;;;. The fourth-order valence-corrected chi connectivity index (χ4v) is 0. The molecular formula is H4O3PbSi. The third kappa shape index (κ3) is 101. The van der Waals surface area contributed by atoms with Gasteiger partial charge in [-0.15, -0.1) is 0 Å². The summed E-state index contributed by atoms with van der Waals surface area (Å²) in [5, 5.41) is 0. The van der Waals surface area contributed by atoms with Crippen LogP contribution in [-0.2, 0) is 4.46 Å². The van der Waals surface area contributed by atoms with Crippen LogP contribution in [0.15, 0.2) is 0 Å². The van der Waals surface area contributed by atoms with Gasteiger partial charge >= 0.3 is 36.5 Å². The summed E-state index contributed by atoms with van der Waals surface area (Å²) < 4.78 is 8.74. The number of hydrogen-bond donors (Lipinski definition) is 2. The quantitative estimate of drug-likeness (QED) is 0.483. The minimum atomic E-state index is -3.13. The first-order chi connectivity index (χ1) is 1.73. The summed E-state index contributed by atoms with van der Waals surface area (Å²) in [7, 11) is -3.13. The molecule has 5 heteroatoms. The van der Waals surface area contributed by atoms with Crippen molar-refractivity contribution in [2.24, 2.45) is 0 Å². The van der Waals surface area contributed by atoms with Gasteiger partial charge in [-0.25, -0.2) is 0 Å². The average Bonchev–Trinajstić information content (AvgIpc) is 0.811. The van der Waals surface area contributed by atoms with E-state index in [1.165, 1.54) is 0 Å². The molecule has 0 aliphatic carbocycles. The summed E-state index contributed by atoms with van der Waals surface area (Å²) in [5.74, 6) is 0. The van der Waals surface area contributed by atoms with E-state index in [4.69, 9.17) is 14.1 Å². The van der Waals surface area contributed by atoms with Crippen molar-refractivity contribution in [2.75, 3.05) is 0 Å². The monoisotopic (exact) mass is 288 g/mol. The van der Waals surface area contributed by atoms with E-state index in [2.05, 4.69) is 0 Å². The van der Waals surface area contributed by atoms with E-state index in [-0.39, 0.29) is 27.3 Å². The zero-order valence-electron chi connectivity index (χ0n) is 2.51. The summed E-state index contributed by atoms with van der Waals surface area (Å²) >= 11 is 0. The Morgan fingerprint density at radius 3 is 1.40 bits per heavy atom. The maximum absolute atomic E-state index is 8.74. The summed E-state index contributed by atoms with van der Waals surface area (Å²) in [6, 6.07) is 0. The second kappa shape index (κ2) is 4.54. The molecule has 0 saturated carbocycles. The molecule has 0 rings (SSSR count). The van der Waals surface area contributed by atoms with Gasteiger partial charge in [0, 0.05) is 0 Å². The van der Waals surface area contributed by atoms with Gasteiger partial charge in [0.2, 0.25) is 0 Å². The van der Waals surface area contributed by atoms with Crippen LogP contribution in [-0.4, -0.2) is 46.1 Å². The predicted octanol–water partition coefficient (Wildman–Crippen LogP) is -2.53. The van der Waals surface area contributed by atoms with Crippen molar-refractivity contribution < 1.29 is 14.1 Å². The summed E-state index contributed by atoms with van der Waals surface area (Å²) in [6.07, 6.45) is 0. The Labute approximate surface area is 50.7 Å². The zero-order chi connectivity index (χ0) is 3.58. The molecule has 0 aliphatic heterocycles. The summed E-state index contributed by atoms with van der Waals surface area (Å²) in [6.45, 7) is 0. The van der Waals surface area contributed by atoms with Crippen molar-refractivity contribution in [1.82, 2.24) is 0 Å². The molecule has 0 fully saturated rings. The topological polar surface area (TPSA) is 57.5 Å². The molecular weight excluding hydrogens is 283 g/mol. The van der Waals surface area contributed by atoms with Gasteiger partial charge in [0.25, 0.3) is 0 Å². The van der Waals surface area contributed by atoms with E-state index >= 15 is 0 Å². The second-order valence-corrected chi connectivity index (χ2v) is 0.848. The molecule has 0 bridgehead atoms. The van der Waals surface area contributed by atoms with Crippen molar-refractivity contribution in [1.29, 1.82) is 0 Å². The molecule has 0 spiro atoms. The SMILES string of the molecule is O=[Si](O)O.[PbH2]. The van der Waals surface area contributed by atoms with Crippen LogP contribution in [0.25, 0.3) is 0 Å². The van der Waals surface area contributed by atoms with Crippen molar-refractivity contribution in [3.8, 4) is 0 Å². The van der Waals surface area contributed by atoms with Gasteiger partial charge in [-0.3, -0.25) is 4.46 Å². The predicted molar refractivity (Wildman–Crippen MR) is 19.4 cm³/mol. The van der Waals surface area contributed by atoms with Crippen LogP contribution in [0, 0.1) is 0 Å². The maximum atomic E-state index is 8.74. The third-order valence-electron chi connectivity index (χ3n) is 0. The van der Waals surface area contributed by atoms with Crippen molar-refractivity contribution in [3.63, 3.8) is 0 Å². The van der Waals surface area contributed by atoms with Gasteiger partial charge < -0.3 is 9.59 Å². The molecule has 5 heavy (non-hydrogen) atoms. The zero-order valence-corrected chi connectivity index (χ0v) is 9.01.